The monoisotopic (exact) mass is 403 g/mol. The number of amides is 2. The van der Waals surface area contributed by atoms with Crippen molar-refractivity contribution < 1.29 is 14.3 Å². The molecule has 2 amide bonds. The van der Waals surface area contributed by atoms with Crippen LogP contribution in [-0.2, 0) is 16.1 Å². The SMILES string of the molecule is CC(C)CNc1ccc2c(n1)C(=O)N([C@H](C)C(=O)NCCCN1CCOCC1)C2. The van der Waals surface area contributed by atoms with E-state index in [-0.39, 0.29) is 11.8 Å². The molecule has 0 aliphatic carbocycles. The van der Waals surface area contributed by atoms with Gasteiger partial charge in [-0.05, 0) is 31.9 Å². The maximum Gasteiger partial charge on any atom is 0.273 e. The molecule has 0 aromatic carbocycles. The number of carbonyl (C=O) groups is 2. The van der Waals surface area contributed by atoms with Crippen LogP contribution in [0.3, 0.4) is 0 Å². The standard InChI is InChI=1S/C21H33N5O3/c1-15(2)13-23-18-6-5-17-14-26(21(28)19(17)24-18)16(3)20(27)22-7-4-8-25-9-11-29-12-10-25/h5-6,15-16H,4,7-14H2,1-3H3,(H,22,27)(H,23,24)/t16-/m1/s1. The molecule has 0 saturated carbocycles. The lowest BCUT2D eigenvalue weighted by Crippen LogP contribution is -2.46. The highest BCUT2D eigenvalue weighted by atomic mass is 16.5. The summed E-state index contributed by atoms with van der Waals surface area (Å²) in [6.07, 6.45) is 0.888. The first kappa shape index (κ1) is 21.5. The van der Waals surface area contributed by atoms with Crippen molar-refractivity contribution in [2.24, 2.45) is 5.92 Å². The van der Waals surface area contributed by atoms with Gasteiger partial charge in [-0.15, -0.1) is 0 Å². The van der Waals surface area contributed by atoms with Crippen LogP contribution in [0.15, 0.2) is 12.1 Å². The molecule has 1 saturated heterocycles. The number of ether oxygens (including phenoxy) is 1. The number of nitrogens with zero attached hydrogens (tertiary/aromatic N) is 3. The minimum absolute atomic E-state index is 0.119. The molecule has 1 aromatic rings. The second kappa shape index (κ2) is 10.0. The van der Waals surface area contributed by atoms with E-state index in [0.717, 1.165) is 51.4 Å². The van der Waals surface area contributed by atoms with Gasteiger partial charge in [-0.3, -0.25) is 14.5 Å². The summed E-state index contributed by atoms with van der Waals surface area (Å²) in [7, 11) is 0. The Morgan fingerprint density at radius 1 is 1.24 bits per heavy atom. The minimum atomic E-state index is -0.521. The van der Waals surface area contributed by atoms with E-state index in [2.05, 4.69) is 34.4 Å². The third-order valence-corrected chi connectivity index (χ3v) is 5.38. The van der Waals surface area contributed by atoms with E-state index in [1.165, 1.54) is 0 Å². The summed E-state index contributed by atoms with van der Waals surface area (Å²) in [5, 5.41) is 6.22. The van der Waals surface area contributed by atoms with Gasteiger partial charge in [-0.1, -0.05) is 19.9 Å². The number of carbonyl (C=O) groups excluding carboxylic acids is 2. The Hall–Kier alpha value is -2.19. The van der Waals surface area contributed by atoms with Crippen molar-refractivity contribution in [2.75, 3.05) is 51.3 Å². The fraction of sp³-hybridized carbons (Fsp3) is 0.667. The molecule has 3 heterocycles. The molecule has 29 heavy (non-hydrogen) atoms. The highest BCUT2D eigenvalue weighted by Gasteiger charge is 2.35. The zero-order chi connectivity index (χ0) is 20.8. The number of morpholine rings is 1. The highest BCUT2D eigenvalue weighted by Crippen LogP contribution is 2.24. The van der Waals surface area contributed by atoms with Crippen LogP contribution >= 0.6 is 0 Å². The first-order chi connectivity index (χ1) is 14.0. The number of hydrogen-bond donors (Lipinski definition) is 2. The minimum Gasteiger partial charge on any atom is -0.379 e. The molecule has 0 spiro atoms. The number of nitrogens with one attached hydrogen (secondary N) is 2. The molecule has 1 atom stereocenters. The molecule has 1 fully saturated rings. The van der Waals surface area contributed by atoms with Crippen LogP contribution in [0.4, 0.5) is 5.82 Å². The van der Waals surface area contributed by atoms with Crippen molar-refractivity contribution >= 4 is 17.6 Å². The van der Waals surface area contributed by atoms with E-state index in [4.69, 9.17) is 4.74 Å². The third kappa shape index (κ3) is 5.67. The van der Waals surface area contributed by atoms with Crippen molar-refractivity contribution in [3.8, 4) is 0 Å². The highest BCUT2D eigenvalue weighted by molar-refractivity contribution is 5.99. The van der Waals surface area contributed by atoms with Crippen LogP contribution < -0.4 is 10.6 Å². The fourth-order valence-corrected chi connectivity index (χ4v) is 3.54. The van der Waals surface area contributed by atoms with E-state index in [1.54, 1.807) is 11.8 Å². The molecule has 2 N–H and O–H groups in total. The summed E-state index contributed by atoms with van der Waals surface area (Å²) in [5.74, 6) is 0.896. The molecular formula is C21H33N5O3. The van der Waals surface area contributed by atoms with Crippen molar-refractivity contribution in [1.29, 1.82) is 0 Å². The third-order valence-electron chi connectivity index (χ3n) is 5.38. The first-order valence-corrected chi connectivity index (χ1v) is 10.6. The van der Waals surface area contributed by atoms with Gasteiger partial charge in [0.25, 0.3) is 5.91 Å². The summed E-state index contributed by atoms with van der Waals surface area (Å²) in [5.41, 5.74) is 1.32. The van der Waals surface area contributed by atoms with Gasteiger partial charge < -0.3 is 20.3 Å². The lowest BCUT2D eigenvalue weighted by Gasteiger charge is -2.27. The average molecular weight is 404 g/mol. The van der Waals surface area contributed by atoms with Crippen LogP contribution in [0, 0.1) is 5.92 Å². The summed E-state index contributed by atoms with van der Waals surface area (Å²) in [4.78, 5) is 33.8. The number of rotatable bonds is 9. The van der Waals surface area contributed by atoms with Gasteiger partial charge >= 0.3 is 0 Å². The van der Waals surface area contributed by atoms with Gasteiger partial charge in [0.1, 0.15) is 17.6 Å². The van der Waals surface area contributed by atoms with Crippen molar-refractivity contribution in [1.82, 2.24) is 20.1 Å². The van der Waals surface area contributed by atoms with Gasteiger partial charge in [0.15, 0.2) is 0 Å². The molecule has 8 nitrogen and oxygen atoms in total. The number of fused-ring (bicyclic) bond motifs is 1. The smallest absolute Gasteiger partial charge is 0.273 e. The zero-order valence-corrected chi connectivity index (χ0v) is 17.7. The summed E-state index contributed by atoms with van der Waals surface area (Å²) < 4.78 is 5.34. The van der Waals surface area contributed by atoms with Crippen LogP contribution in [-0.4, -0.2) is 78.6 Å². The predicted molar refractivity (Wildman–Crippen MR) is 112 cm³/mol. The molecule has 8 heteroatoms. The van der Waals surface area contributed by atoms with Crippen molar-refractivity contribution in [3.05, 3.63) is 23.4 Å². The Morgan fingerprint density at radius 2 is 2.00 bits per heavy atom. The second-order valence-corrected chi connectivity index (χ2v) is 8.19. The van der Waals surface area contributed by atoms with Gasteiger partial charge in [0.05, 0.1) is 13.2 Å². The van der Waals surface area contributed by atoms with Crippen LogP contribution in [0.5, 0.6) is 0 Å². The lowest BCUT2D eigenvalue weighted by atomic mass is 10.2. The largest absolute Gasteiger partial charge is 0.379 e. The van der Waals surface area contributed by atoms with Crippen LogP contribution in [0.2, 0.25) is 0 Å². The molecule has 0 radical (unpaired) electrons. The number of anilines is 1. The molecular weight excluding hydrogens is 370 g/mol. The van der Waals surface area contributed by atoms with Crippen molar-refractivity contribution in [3.63, 3.8) is 0 Å². The molecule has 2 aliphatic rings. The van der Waals surface area contributed by atoms with Gasteiger partial charge in [0.2, 0.25) is 5.91 Å². The van der Waals surface area contributed by atoms with E-state index in [1.807, 2.05) is 12.1 Å². The Labute approximate surface area is 173 Å². The van der Waals surface area contributed by atoms with E-state index < -0.39 is 6.04 Å². The van der Waals surface area contributed by atoms with Crippen LogP contribution in [0.25, 0.3) is 0 Å². The average Bonchev–Trinajstić information content (AvgIpc) is 3.05. The van der Waals surface area contributed by atoms with E-state index in [9.17, 15) is 9.59 Å². The van der Waals surface area contributed by atoms with Gasteiger partial charge in [-0.25, -0.2) is 4.98 Å². The first-order valence-electron chi connectivity index (χ1n) is 10.6. The van der Waals surface area contributed by atoms with Crippen LogP contribution in [0.1, 0.15) is 43.2 Å². The van der Waals surface area contributed by atoms with Crippen molar-refractivity contribution in [2.45, 2.75) is 39.8 Å². The lowest BCUT2D eigenvalue weighted by molar-refractivity contribution is -0.125. The predicted octanol–water partition coefficient (Wildman–Crippen LogP) is 1.33. The fourth-order valence-electron chi connectivity index (χ4n) is 3.54. The molecule has 1 aromatic heterocycles. The number of pyridine rings is 1. The maximum atomic E-state index is 12.8. The number of hydrogen-bond acceptors (Lipinski definition) is 6. The molecule has 0 unspecified atom stereocenters. The van der Waals surface area contributed by atoms with Gasteiger partial charge in [-0.2, -0.15) is 0 Å². The Bertz CT molecular complexity index is 718. The maximum absolute atomic E-state index is 12.8. The quantitative estimate of drug-likeness (QED) is 0.605. The summed E-state index contributed by atoms with van der Waals surface area (Å²) in [6.45, 7) is 12.3. The topological polar surface area (TPSA) is 86.8 Å². The number of aromatic nitrogens is 1. The Morgan fingerprint density at radius 3 is 2.72 bits per heavy atom. The summed E-state index contributed by atoms with van der Waals surface area (Å²) in [6, 6.07) is 3.30. The van der Waals surface area contributed by atoms with E-state index in [0.29, 0.717) is 30.5 Å². The zero-order valence-electron chi connectivity index (χ0n) is 17.7. The molecule has 3 rings (SSSR count). The summed E-state index contributed by atoms with van der Waals surface area (Å²) >= 11 is 0. The molecule has 160 valence electrons. The molecule has 2 aliphatic heterocycles. The second-order valence-electron chi connectivity index (χ2n) is 8.19. The Balaban J connectivity index is 1.47. The molecule has 0 bridgehead atoms. The van der Waals surface area contributed by atoms with E-state index >= 15 is 0 Å². The normalized spacial score (nSPS) is 18.1. The Kier molecular flexibility index (Phi) is 7.44. The van der Waals surface area contributed by atoms with Gasteiger partial charge in [0, 0.05) is 38.3 Å².